The molecule has 2 amide bonds. The number of primary amides is 1. The van der Waals surface area contributed by atoms with Crippen molar-refractivity contribution in [2.45, 2.75) is 25.9 Å². The van der Waals surface area contributed by atoms with Gasteiger partial charge in [0.1, 0.15) is 5.71 Å². The number of rotatable bonds is 6. The van der Waals surface area contributed by atoms with Crippen LogP contribution < -0.4 is 22.1 Å². The molecule has 0 saturated heterocycles. The molecule has 2 heterocycles. The van der Waals surface area contributed by atoms with E-state index in [1.807, 2.05) is 66.7 Å². The van der Waals surface area contributed by atoms with Gasteiger partial charge in [-0.15, -0.1) is 0 Å². The molecule has 0 aromatic heterocycles. The standard InChI is InChI=1S/C26H26N6O2/c27-23(33)13-29-12-17-5-3-4-8-20(17)16-9-10-22-21(11-16)24(31-26(28)30-22)25(34)32-14-18-6-1-2-7-19(18)15-32/h1-11,26,29-30H,12-15,28H2,(H2,27,33). The minimum atomic E-state index is -0.687. The van der Waals surface area contributed by atoms with Crippen molar-refractivity contribution in [1.29, 1.82) is 0 Å². The van der Waals surface area contributed by atoms with Crippen molar-refractivity contribution in [3.05, 3.63) is 89.0 Å². The Balaban J connectivity index is 1.46. The van der Waals surface area contributed by atoms with Crippen LogP contribution in [0.1, 0.15) is 22.3 Å². The second-order valence-corrected chi connectivity index (χ2v) is 8.48. The monoisotopic (exact) mass is 454 g/mol. The van der Waals surface area contributed by atoms with E-state index in [0.29, 0.717) is 25.3 Å². The zero-order valence-corrected chi connectivity index (χ0v) is 18.6. The predicted molar refractivity (Wildman–Crippen MR) is 132 cm³/mol. The molecular formula is C26H26N6O2. The van der Waals surface area contributed by atoms with Crippen molar-refractivity contribution in [3.63, 3.8) is 0 Å². The summed E-state index contributed by atoms with van der Waals surface area (Å²) in [7, 11) is 0. The molecule has 0 aliphatic carbocycles. The number of nitrogens with zero attached hydrogens (tertiary/aromatic N) is 2. The molecule has 8 heteroatoms. The number of carbonyl (C=O) groups is 2. The van der Waals surface area contributed by atoms with E-state index in [1.54, 1.807) is 4.90 Å². The fourth-order valence-electron chi connectivity index (χ4n) is 4.51. The smallest absolute Gasteiger partial charge is 0.273 e. The Labute approximate surface area is 197 Å². The molecule has 0 radical (unpaired) electrons. The molecule has 3 aromatic rings. The van der Waals surface area contributed by atoms with E-state index in [1.165, 1.54) is 0 Å². The zero-order valence-electron chi connectivity index (χ0n) is 18.6. The van der Waals surface area contributed by atoms with Crippen molar-refractivity contribution in [3.8, 4) is 11.1 Å². The average molecular weight is 455 g/mol. The van der Waals surface area contributed by atoms with Crippen LogP contribution >= 0.6 is 0 Å². The van der Waals surface area contributed by atoms with Gasteiger partial charge in [0.25, 0.3) is 5.91 Å². The number of anilines is 1. The minimum absolute atomic E-state index is 0.101. The van der Waals surface area contributed by atoms with Crippen LogP contribution in [-0.2, 0) is 29.2 Å². The maximum absolute atomic E-state index is 13.6. The van der Waals surface area contributed by atoms with Crippen LogP contribution in [-0.4, -0.2) is 35.3 Å². The SMILES string of the molecule is NC(=O)CNCc1ccccc1-c1ccc2c(c1)C(C(=O)N1Cc3ccccc3C1)=NC(N)N2. The first-order valence-corrected chi connectivity index (χ1v) is 11.2. The van der Waals surface area contributed by atoms with E-state index < -0.39 is 12.2 Å². The zero-order chi connectivity index (χ0) is 23.7. The summed E-state index contributed by atoms with van der Waals surface area (Å²) in [5.74, 6) is -0.542. The molecule has 5 rings (SSSR count). The Hall–Kier alpha value is -4.01. The van der Waals surface area contributed by atoms with E-state index in [2.05, 4.69) is 15.6 Å². The van der Waals surface area contributed by atoms with Gasteiger partial charge >= 0.3 is 0 Å². The second kappa shape index (κ2) is 9.09. The molecule has 0 spiro atoms. The van der Waals surface area contributed by atoms with E-state index in [-0.39, 0.29) is 12.5 Å². The fourth-order valence-corrected chi connectivity index (χ4v) is 4.51. The summed E-state index contributed by atoms with van der Waals surface area (Å²) in [4.78, 5) is 31.0. The number of aliphatic imine (C=N–C) groups is 1. The van der Waals surface area contributed by atoms with Gasteiger partial charge in [0.05, 0.1) is 6.54 Å². The van der Waals surface area contributed by atoms with Crippen LogP contribution in [0, 0.1) is 0 Å². The number of benzene rings is 3. The van der Waals surface area contributed by atoms with Crippen molar-refractivity contribution in [2.24, 2.45) is 16.5 Å². The maximum atomic E-state index is 13.6. The number of carbonyl (C=O) groups excluding carboxylic acids is 2. The van der Waals surface area contributed by atoms with Crippen molar-refractivity contribution in [2.75, 3.05) is 11.9 Å². The van der Waals surface area contributed by atoms with Gasteiger partial charge in [0.15, 0.2) is 6.29 Å². The Bertz CT molecular complexity index is 1280. The summed E-state index contributed by atoms with van der Waals surface area (Å²) < 4.78 is 0. The lowest BCUT2D eigenvalue weighted by Crippen LogP contribution is -2.40. The molecular weight excluding hydrogens is 428 g/mol. The van der Waals surface area contributed by atoms with Gasteiger partial charge in [0, 0.05) is 30.9 Å². The maximum Gasteiger partial charge on any atom is 0.273 e. The molecule has 0 fully saturated rings. The highest BCUT2D eigenvalue weighted by Gasteiger charge is 2.31. The molecule has 8 nitrogen and oxygen atoms in total. The van der Waals surface area contributed by atoms with Crippen LogP contribution in [0.15, 0.2) is 71.7 Å². The van der Waals surface area contributed by atoms with Gasteiger partial charge in [-0.1, -0.05) is 54.6 Å². The third-order valence-corrected chi connectivity index (χ3v) is 6.12. The Kier molecular flexibility index (Phi) is 5.83. The molecule has 1 atom stereocenters. The molecule has 2 aliphatic heterocycles. The summed E-state index contributed by atoms with van der Waals surface area (Å²) in [5.41, 5.74) is 18.5. The molecule has 3 aromatic carbocycles. The van der Waals surface area contributed by atoms with Gasteiger partial charge in [-0.05, 0) is 39.9 Å². The third kappa shape index (κ3) is 4.28. The lowest BCUT2D eigenvalue weighted by atomic mass is 9.94. The molecule has 1 unspecified atom stereocenters. The highest BCUT2D eigenvalue weighted by atomic mass is 16.2. The molecule has 2 aliphatic rings. The predicted octanol–water partition coefficient (Wildman–Crippen LogP) is 1.93. The first kappa shape index (κ1) is 21.8. The van der Waals surface area contributed by atoms with E-state index >= 15 is 0 Å². The number of fused-ring (bicyclic) bond motifs is 2. The van der Waals surface area contributed by atoms with E-state index in [9.17, 15) is 9.59 Å². The van der Waals surface area contributed by atoms with Gasteiger partial charge < -0.3 is 21.3 Å². The number of hydrogen-bond donors (Lipinski definition) is 4. The summed E-state index contributed by atoms with van der Waals surface area (Å²) in [5, 5.41) is 6.21. The number of nitrogens with two attached hydrogens (primary N) is 2. The molecule has 0 bridgehead atoms. The topological polar surface area (TPSA) is 126 Å². The Morgan fingerprint density at radius 1 is 1.00 bits per heavy atom. The summed E-state index contributed by atoms with van der Waals surface area (Å²) >= 11 is 0. The number of nitrogens with one attached hydrogen (secondary N) is 2. The highest BCUT2D eigenvalue weighted by molar-refractivity contribution is 6.46. The van der Waals surface area contributed by atoms with Gasteiger partial charge in [0.2, 0.25) is 5.91 Å². The van der Waals surface area contributed by atoms with Crippen molar-refractivity contribution >= 4 is 23.2 Å². The quantitative estimate of drug-likeness (QED) is 0.453. The first-order chi connectivity index (χ1) is 16.5. The van der Waals surface area contributed by atoms with E-state index in [4.69, 9.17) is 11.5 Å². The molecule has 172 valence electrons. The van der Waals surface area contributed by atoms with Crippen LogP contribution in [0.2, 0.25) is 0 Å². The second-order valence-electron chi connectivity index (χ2n) is 8.48. The number of amides is 2. The lowest BCUT2D eigenvalue weighted by molar-refractivity contribution is -0.124. The fraction of sp³-hybridized carbons (Fsp3) is 0.192. The largest absolute Gasteiger partial charge is 0.369 e. The van der Waals surface area contributed by atoms with Crippen LogP contribution in [0.25, 0.3) is 11.1 Å². The summed E-state index contributed by atoms with van der Waals surface area (Å²) in [6.07, 6.45) is -0.687. The molecule has 34 heavy (non-hydrogen) atoms. The van der Waals surface area contributed by atoms with Gasteiger partial charge in [-0.2, -0.15) is 0 Å². The van der Waals surface area contributed by atoms with Crippen LogP contribution in [0.5, 0.6) is 0 Å². The molecule has 0 saturated carbocycles. The lowest BCUT2D eigenvalue weighted by Gasteiger charge is -2.26. The normalized spacial score (nSPS) is 16.3. The Morgan fingerprint density at radius 2 is 1.71 bits per heavy atom. The van der Waals surface area contributed by atoms with E-state index in [0.717, 1.165) is 39.1 Å². The Morgan fingerprint density at radius 3 is 2.44 bits per heavy atom. The van der Waals surface area contributed by atoms with Crippen LogP contribution in [0.3, 0.4) is 0 Å². The van der Waals surface area contributed by atoms with Crippen LogP contribution in [0.4, 0.5) is 5.69 Å². The third-order valence-electron chi connectivity index (χ3n) is 6.12. The summed E-state index contributed by atoms with van der Waals surface area (Å²) in [6, 6.07) is 21.9. The number of hydrogen-bond acceptors (Lipinski definition) is 6. The van der Waals surface area contributed by atoms with Gasteiger partial charge in [-0.25, -0.2) is 4.99 Å². The highest BCUT2D eigenvalue weighted by Crippen LogP contribution is 2.32. The average Bonchev–Trinajstić information content (AvgIpc) is 3.27. The van der Waals surface area contributed by atoms with Crippen molar-refractivity contribution < 1.29 is 9.59 Å². The van der Waals surface area contributed by atoms with Crippen molar-refractivity contribution in [1.82, 2.24) is 10.2 Å². The summed E-state index contributed by atoms with van der Waals surface area (Å²) in [6.45, 7) is 1.70. The van der Waals surface area contributed by atoms with Gasteiger partial charge in [-0.3, -0.25) is 15.3 Å². The molecule has 6 N–H and O–H groups in total. The first-order valence-electron chi connectivity index (χ1n) is 11.2. The minimum Gasteiger partial charge on any atom is -0.369 e.